The lowest BCUT2D eigenvalue weighted by molar-refractivity contribution is -0.147. The molecule has 0 aromatic carbocycles. The molecule has 0 bridgehead atoms. The highest BCUT2D eigenvalue weighted by Gasteiger charge is 2.30. The fourth-order valence-electron chi connectivity index (χ4n) is 1.65. The van der Waals surface area contributed by atoms with E-state index < -0.39 is 11.9 Å². The van der Waals surface area contributed by atoms with E-state index in [4.69, 9.17) is 10.5 Å². The molecule has 16 heavy (non-hydrogen) atoms. The number of hydrogen-bond donors (Lipinski definition) is 2. The molecule has 0 saturated carbocycles. The normalized spacial score (nSPS) is 20.8. The zero-order chi connectivity index (χ0) is 12.0. The fraction of sp³-hybridized carbons (Fsp3) is 0.800. The number of amides is 2. The van der Waals surface area contributed by atoms with Crippen LogP contribution in [-0.2, 0) is 14.3 Å². The first-order valence-corrected chi connectivity index (χ1v) is 5.54. The van der Waals surface area contributed by atoms with E-state index in [0.29, 0.717) is 26.1 Å². The van der Waals surface area contributed by atoms with Crippen LogP contribution in [0.2, 0.25) is 0 Å². The Labute approximate surface area is 95.1 Å². The molecule has 0 aliphatic carbocycles. The zero-order valence-corrected chi connectivity index (χ0v) is 9.57. The molecule has 1 unspecified atom stereocenters. The Balaban J connectivity index is 2.47. The molecule has 1 saturated heterocycles. The van der Waals surface area contributed by atoms with E-state index in [0.717, 1.165) is 6.54 Å². The van der Waals surface area contributed by atoms with Crippen molar-refractivity contribution >= 4 is 11.8 Å². The summed E-state index contributed by atoms with van der Waals surface area (Å²) in [6, 6.07) is -0.608. The first-order valence-electron chi connectivity index (χ1n) is 5.54. The maximum atomic E-state index is 11.8. The molecule has 2 amide bonds. The molecule has 3 N–H and O–H groups in total. The van der Waals surface area contributed by atoms with Crippen LogP contribution < -0.4 is 11.1 Å². The predicted molar refractivity (Wildman–Crippen MR) is 58.7 cm³/mol. The van der Waals surface area contributed by atoms with Gasteiger partial charge in [0.1, 0.15) is 6.04 Å². The Kier molecular flexibility index (Phi) is 5.21. The van der Waals surface area contributed by atoms with Crippen molar-refractivity contribution in [1.82, 2.24) is 10.2 Å². The van der Waals surface area contributed by atoms with Crippen LogP contribution in [0.3, 0.4) is 0 Å². The number of ether oxygens (including phenoxy) is 1. The van der Waals surface area contributed by atoms with Gasteiger partial charge in [-0.25, -0.2) is 0 Å². The molecule has 0 aromatic heterocycles. The van der Waals surface area contributed by atoms with Crippen molar-refractivity contribution in [2.45, 2.75) is 19.4 Å². The standard InChI is InChI=1S/C10H19N3O3/c1-2-12-4-3-9(14)13-5-6-16-7-8(13)10(11)15/h8,12H,2-7H2,1H3,(H2,11,15). The number of primary amides is 1. The van der Waals surface area contributed by atoms with Crippen LogP contribution in [0.4, 0.5) is 0 Å². The van der Waals surface area contributed by atoms with Crippen LogP contribution in [0.15, 0.2) is 0 Å². The second kappa shape index (κ2) is 6.44. The molecular weight excluding hydrogens is 210 g/mol. The fourth-order valence-corrected chi connectivity index (χ4v) is 1.65. The van der Waals surface area contributed by atoms with Gasteiger partial charge in [-0.15, -0.1) is 0 Å². The van der Waals surface area contributed by atoms with Crippen LogP contribution in [0.25, 0.3) is 0 Å². The summed E-state index contributed by atoms with van der Waals surface area (Å²) in [5.41, 5.74) is 5.22. The number of hydrogen-bond acceptors (Lipinski definition) is 4. The van der Waals surface area contributed by atoms with E-state index in [1.807, 2.05) is 6.92 Å². The van der Waals surface area contributed by atoms with Gasteiger partial charge in [-0.2, -0.15) is 0 Å². The van der Waals surface area contributed by atoms with E-state index in [1.165, 1.54) is 4.90 Å². The highest BCUT2D eigenvalue weighted by atomic mass is 16.5. The molecule has 1 heterocycles. The van der Waals surface area contributed by atoms with Crippen molar-refractivity contribution in [1.29, 1.82) is 0 Å². The Morgan fingerprint density at radius 1 is 1.56 bits per heavy atom. The van der Waals surface area contributed by atoms with Crippen LogP contribution in [0.5, 0.6) is 0 Å². The lowest BCUT2D eigenvalue weighted by Crippen LogP contribution is -2.55. The monoisotopic (exact) mass is 229 g/mol. The number of nitrogens with zero attached hydrogens (tertiary/aromatic N) is 1. The van der Waals surface area contributed by atoms with Gasteiger partial charge in [0, 0.05) is 19.5 Å². The van der Waals surface area contributed by atoms with Crippen molar-refractivity contribution < 1.29 is 14.3 Å². The van der Waals surface area contributed by atoms with Crippen molar-refractivity contribution in [3.8, 4) is 0 Å². The first kappa shape index (κ1) is 12.9. The summed E-state index contributed by atoms with van der Waals surface area (Å²) in [5.74, 6) is -0.551. The molecule has 0 radical (unpaired) electrons. The Bertz CT molecular complexity index is 258. The zero-order valence-electron chi connectivity index (χ0n) is 9.57. The molecule has 1 atom stereocenters. The molecule has 1 rings (SSSR count). The molecule has 6 heteroatoms. The molecule has 1 fully saturated rings. The van der Waals surface area contributed by atoms with Crippen LogP contribution in [-0.4, -0.2) is 55.6 Å². The first-order chi connectivity index (χ1) is 7.66. The van der Waals surface area contributed by atoms with Crippen molar-refractivity contribution in [3.63, 3.8) is 0 Å². The number of rotatable bonds is 5. The summed E-state index contributed by atoms with van der Waals surface area (Å²) in [6.45, 7) is 4.55. The minimum Gasteiger partial charge on any atom is -0.377 e. The number of nitrogens with one attached hydrogen (secondary N) is 1. The van der Waals surface area contributed by atoms with E-state index in [-0.39, 0.29) is 12.5 Å². The number of nitrogens with two attached hydrogens (primary N) is 1. The number of carbonyl (C=O) groups excluding carboxylic acids is 2. The van der Waals surface area contributed by atoms with Crippen molar-refractivity contribution in [2.24, 2.45) is 5.73 Å². The topological polar surface area (TPSA) is 84.7 Å². The molecular formula is C10H19N3O3. The molecule has 1 aliphatic heterocycles. The predicted octanol–water partition coefficient (Wildman–Crippen LogP) is -1.30. The Hall–Kier alpha value is -1.14. The number of carbonyl (C=O) groups is 2. The second-order valence-corrected chi connectivity index (χ2v) is 3.68. The van der Waals surface area contributed by atoms with Gasteiger partial charge < -0.3 is 20.7 Å². The molecule has 92 valence electrons. The molecule has 6 nitrogen and oxygen atoms in total. The minimum atomic E-state index is -0.608. The van der Waals surface area contributed by atoms with Gasteiger partial charge in [-0.05, 0) is 6.54 Å². The van der Waals surface area contributed by atoms with Crippen LogP contribution >= 0.6 is 0 Å². The van der Waals surface area contributed by atoms with Gasteiger partial charge in [-0.3, -0.25) is 9.59 Å². The molecule has 0 aromatic rings. The maximum absolute atomic E-state index is 11.8. The third-order valence-corrected chi connectivity index (χ3v) is 2.54. The van der Waals surface area contributed by atoms with Gasteiger partial charge in [0.2, 0.25) is 11.8 Å². The average molecular weight is 229 g/mol. The summed E-state index contributed by atoms with van der Waals surface area (Å²) in [5, 5.41) is 3.07. The summed E-state index contributed by atoms with van der Waals surface area (Å²) < 4.78 is 5.14. The lowest BCUT2D eigenvalue weighted by Gasteiger charge is -2.33. The van der Waals surface area contributed by atoms with E-state index in [1.54, 1.807) is 0 Å². The quantitative estimate of drug-likeness (QED) is 0.574. The van der Waals surface area contributed by atoms with Crippen LogP contribution in [0.1, 0.15) is 13.3 Å². The van der Waals surface area contributed by atoms with Gasteiger partial charge in [0.25, 0.3) is 0 Å². The van der Waals surface area contributed by atoms with Crippen molar-refractivity contribution in [2.75, 3.05) is 32.8 Å². The summed E-state index contributed by atoms with van der Waals surface area (Å²) >= 11 is 0. The van der Waals surface area contributed by atoms with E-state index >= 15 is 0 Å². The van der Waals surface area contributed by atoms with E-state index in [9.17, 15) is 9.59 Å². The summed E-state index contributed by atoms with van der Waals surface area (Å²) in [6.07, 6.45) is 0.387. The maximum Gasteiger partial charge on any atom is 0.242 e. The van der Waals surface area contributed by atoms with Gasteiger partial charge in [0.05, 0.1) is 13.2 Å². The lowest BCUT2D eigenvalue weighted by atomic mass is 10.2. The van der Waals surface area contributed by atoms with E-state index in [2.05, 4.69) is 5.32 Å². The molecule has 1 aliphatic rings. The number of morpholine rings is 1. The van der Waals surface area contributed by atoms with Crippen molar-refractivity contribution in [3.05, 3.63) is 0 Å². The Morgan fingerprint density at radius 2 is 2.31 bits per heavy atom. The molecule has 0 spiro atoms. The smallest absolute Gasteiger partial charge is 0.242 e. The largest absolute Gasteiger partial charge is 0.377 e. The van der Waals surface area contributed by atoms with Gasteiger partial charge in [0.15, 0.2) is 0 Å². The highest BCUT2D eigenvalue weighted by molar-refractivity contribution is 5.87. The Morgan fingerprint density at radius 3 is 2.94 bits per heavy atom. The third-order valence-electron chi connectivity index (χ3n) is 2.54. The average Bonchev–Trinajstić information content (AvgIpc) is 2.29. The third kappa shape index (κ3) is 3.46. The highest BCUT2D eigenvalue weighted by Crippen LogP contribution is 2.08. The van der Waals surface area contributed by atoms with Crippen LogP contribution in [0, 0.1) is 0 Å². The van der Waals surface area contributed by atoms with Gasteiger partial charge in [-0.1, -0.05) is 6.92 Å². The summed E-state index contributed by atoms with van der Waals surface area (Å²) in [7, 11) is 0. The minimum absolute atomic E-state index is 0.0481. The van der Waals surface area contributed by atoms with Gasteiger partial charge >= 0.3 is 0 Å². The second-order valence-electron chi connectivity index (χ2n) is 3.68. The summed E-state index contributed by atoms with van der Waals surface area (Å²) in [4.78, 5) is 24.5. The SMILES string of the molecule is CCNCCC(=O)N1CCOCC1C(N)=O.